The standard InChI is InChI=1S/C25H27N3O2S/c1-4-19-10-8-9-17(2)23(19)28-24(29)18(3)31-22-15-13-21(14-16-22)27-25(30)26-20-11-6-5-7-12-20/h5-16,18H,4H2,1-3H3,(H,28,29)(H2,26,27,30). The second-order valence-corrected chi connectivity index (χ2v) is 8.60. The average Bonchev–Trinajstić information content (AvgIpc) is 2.77. The molecule has 3 N–H and O–H groups in total. The topological polar surface area (TPSA) is 70.2 Å². The monoisotopic (exact) mass is 433 g/mol. The van der Waals surface area contributed by atoms with Crippen LogP contribution in [0.25, 0.3) is 0 Å². The maximum absolute atomic E-state index is 12.7. The number of carbonyl (C=O) groups excluding carboxylic acids is 2. The zero-order valence-electron chi connectivity index (χ0n) is 17.9. The van der Waals surface area contributed by atoms with Gasteiger partial charge in [-0.3, -0.25) is 4.79 Å². The quantitative estimate of drug-likeness (QED) is 0.382. The Hall–Kier alpha value is -3.25. The zero-order chi connectivity index (χ0) is 22.2. The van der Waals surface area contributed by atoms with E-state index in [-0.39, 0.29) is 17.2 Å². The van der Waals surface area contributed by atoms with Gasteiger partial charge in [-0.25, -0.2) is 4.79 Å². The second-order valence-electron chi connectivity index (χ2n) is 7.18. The van der Waals surface area contributed by atoms with E-state index >= 15 is 0 Å². The summed E-state index contributed by atoms with van der Waals surface area (Å²) < 4.78 is 0. The minimum Gasteiger partial charge on any atom is -0.325 e. The van der Waals surface area contributed by atoms with Crippen LogP contribution in [-0.4, -0.2) is 17.2 Å². The van der Waals surface area contributed by atoms with Gasteiger partial charge in [0.2, 0.25) is 5.91 Å². The van der Waals surface area contributed by atoms with Crippen LogP contribution >= 0.6 is 11.8 Å². The van der Waals surface area contributed by atoms with Crippen molar-refractivity contribution in [2.24, 2.45) is 0 Å². The first kappa shape index (κ1) is 22.4. The highest BCUT2D eigenvalue weighted by atomic mass is 32.2. The van der Waals surface area contributed by atoms with Gasteiger partial charge < -0.3 is 16.0 Å². The summed E-state index contributed by atoms with van der Waals surface area (Å²) in [6.07, 6.45) is 0.866. The second kappa shape index (κ2) is 10.7. The van der Waals surface area contributed by atoms with Crippen LogP contribution in [0, 0.1) is 6.92 Å². The van der Waals surface area contributed by atoms with E-state index in [1.807, 2.05) is 86.6 Å². The van der Waals surface area contributed by atoms with E-state index in [0.29, 0.717) is 5.69 Å². The van der Waals surface area contributed by atoms with Crippen molar-refractivity contribution in [1.29, 1.82) is 0 Å². The van der Waals surface area contributed by atoms with E-state index in [1.54, 1.807) is 0 Å². The van der Waals surface area contributed by atoms with Gasteiger partial charge in [0.05, 0.1) is 5.25 Å². The molecule has 160 valence electrons. The minimum absolute atomic E-state index is 0.0292. The largest absolute Gasteiger partial charge is 0.325 e. The van der Waals surface area contributed by atoms with E-state index in [1.165, 1.54) is 11.8 Å². The Morgan fingerprint density at radius 3 is 2.13 bits per heavy atom. The Morgan fingerprint density at radius 1 is 0.839 bits per heavy atom. The molecule has 3 rings (SSSR count). The molecule has 0 aliphatic rings. The molecule has 0 bridgehead atoms. The van der Waals surface area contributed by atoms with Crippen LogP contribution in [-0.2, 0) is 11.2 Å². The number of anilines is 3. The van der Waals surface area contributed by atoms with Gasteiger partial charge in [0.15, 0.2) is 0 Å². The van der Waals surface area contributed by atoms with Crippen LogP contribution in [0.3, 0.4) is 0 Å². The molecule has 0 aliphatic heterocycles. The number of amides is 3. The minimum atomic E-state index is -0.302. The average molecular weight is 434 g/mol. The molecule has 0 aliphatic carbocycles. The molecule has 0 aromatic heterocycles. The maximum atomic E-state index is 12.7. The summed E-state index contributed by atoms with van der Waals surface area (Å²) in [6, 6.07) is 22.5. The molecular formula is C25H27N3O2S. The SMILES string of the molecule is CCc1cccc(C)c1NC(=O)C(C)Sc1ccc(NC(=O)Nc2ccccc2)cc1. The molecule has 1 atom stereocenters. The van der Waals surface area contributed by atoms with Crippen LogP contribution in [0.1, 0.15) is 25.0 Å². The van der Waals surface area contributed by atoms with Gasteiger partial charge in [0, 0.05) is 22.0 Å². The molecular weight excluding hydrogens is 406 g/mol. The predicted octanol–water partition coefficient (Wildman–Crippen LogP) is 6.32. The molecule has 1 unspecified atom stereocenters. The zero-order valence-corrected chi connectivity index (χ0v) is 18.8. The first-order valence-corrected chi connectivity index (χ1v) is 11.1. The fraction of sp³-hybridized carbons (Fsp3) is 0.200. The summed E-state index contributed by atoms with van der Waals surface area (Å²) >= 11 is 1.48. The number of nitrogens with one attached hydrogen (secondary N) is 3. The van der Waals surface area contributed by atoms with Crippen molar-refractivity contribution in [3.05, 3.63) is 83.9 Å². The molecule has 6 heteroatoms. The third kappa shape index (κ3) is 6.36. The Bertz CT molecular complexity index is 1040. The van der Waals surface area contributed by atoms with Crippen LogP contribution in [0.2, 0.25) is 0 Å². The van der Waals surface area contributed by atoms with Crippen molar-refractivity contribution in [2.75, 3.05) is 16.0 Å². The van der Waals surface area contributed by atoms with Gasteiger partial charge in [-0.15, -0.1) is 11.8 Å². The van der Waals surface area contributed by atoms with Gasteiger partial charge in [-0.1, -0.05) is 43.3 Å². The first-order chi connectivity index (χ1) is 15.0. The van der Waals surface area contributed by atoms with Crippen molar-refractivity contribution in [1.82, 2.24) is 0 Å². The number of carbonyl (C=O) groups is 2. The van der Waals surface area contributed by atoms with Gasteiger partial charge in [-0.2, -0.15) is 0 Å². The van der Waals surface area contributed by atoms with Crippen molar-refractivity contribution in [2.45, 2.75) is 37.3 Å². The lowest BCUT2D eigenvalue weighted by Crippen LogP contribution is -2.23. The number of urea groups is 1. The Morgan fingerprint density at radius 2 is 1.48 bits per heavy atom. The van der Waals surface area contributed by atoms with E-state index in [2.05, 4.69) is 22.9 Å². The molecule has 0 saturated heterocycles. The normalized spacial score (nSPS) is 11.5. The first-order valence-electron chi connectivity index (χ1n) is 10.3. The Balaban J connectivity index is 1.55. The highest BCUT2D eigenvalue weighted by Crippen LogP contribution is 2.27. The number of para-hydroxylation sites is 2. The summed E-state index contributed by atoms with van der Waals surface area (Å²) in [4.78, 5) is 25.8. The lowest BCUT2D eigenvalue weighted by Gasteiger charge is -2.16. The van der Waals surface area contributed by atoms with E-state index in [0.717, 1.165) is 33.8 Å². The molecule has 31 heavy (non-hydrogen) atoms. The number of benzene rings is 3. The van der Waals surface area contributed by atoms with Crippen molar-refractivity contribution in [3.8, 4) is 0 Å². The maximum Gasteiger partial charge on any atom is 0.323 e. The van der Waals surface area contributed by atoms with E-state index < -0.39 is 0 Å². The van der Waals surface area contributed by atoms with Gasteiger partial charge in [0.25, 0.3) is 0 Å². The van der Waals surface area contributed by atoms with Gasteiger partial charge >= 0.3 is 6.03 Å². The number of aryl methyl sites for hydroxylation is 2. The van der Waals surface area contributed by atoms with Gasteiger partial charge in [-0.05, 0) is 67.8 Å². The molecule has 0 radical (unpaired) electrons. The highest BCUT2D eigenvalue weighted by molar-refractivity contribution is 8.00. The summed E-state index contributed by atoms with van der Waals surface area (Å²) in [5, 5.41) is 8.41. The van der Waals surface area contributed by atoms with E-state index in [4.69, 9.17) is 0 Å². The molecule has 3 amide bonds. The lowest BCUT2D eigenvalue weighted by atomic mass is 10.1. The Labute approximate surface area is 187 Å². The fourth-order valence-corrected chi connectivity index (χ4v) is 3.98. The summed E-state index contributed by atoms with van der Waals surface area (Å²) in [5.41, 5.74) is 4.52. The van der Waals surface area contributed by atoms with Crippen molar-refractivity contribution >= 4 is 40.8 Å². The number of rotatable bonds is 7. The van der Waals surface area contributed by atoms with Crippen molar-refractivity contribution < 1.29 is 9.59 Å². The third-order valence-corrected chi connectivity index (χ3v) is 5.93. The van der Waals surface area contributed by atoms with Crippen LogP contribution < -0.4 is 16.0 Å². The molecule has 3 aromatic rings. The highest BCUT2D eigenvalue weighted by Gasteiger charge is 2.17. The predicted molar refractivity (Wildman–Crippen MR) is 130 cm³/mol. The summed E-state index contributed by atoms with van der Waals surface area (Å²) in [7, 11) is 0. The molecule has 5 nitrogen and oxygen atoms in total. The molecule has 3 aromatic carbocycles. The number of hydrogen-bond acceptors (Lipinski definition) is 3. The lowest BCUT2D eigenvalue weighted by molar-refractivity contribution is -0.115. The van der Waals surface area contributed by atoms with Crippen LogP contribution in [0.4, 0.5) is 21.9 Å². The van der Waals surface area contributed by atoms with Crippen LogP contribution in [0.5, 0.6) is 0 Å². The molecule has 0 saturated carbocycles. The molecule has 0 heterocycles. The van der Waals surface area contributed by atoms with Gasteiger partial charge in [0.1, 0.15) is 0 Å². The smallest absolute Gasteiger partial charge is 0.323 e. The third-order valence-electron chi connectivity index (χ3n) is 4.81. The Kier molecular flexibility index (Phi) is 7.73. The fourth-order valence-electron chi connectivity index (χ4n) is 3.12. The van der Waals surface area contributed by atoms with Crippen LogP contribution in [0.15, 0.2) is 77.7 Å². The number of thioether (sulfide) groups is 1. The van der Waals surface area contributed by atoms with Crippen molar-refractivity contribution in [3.63, 3.8) is 0 Å². The molecule has 0 spiro atoms. The summed E-state index contributed by atoms with van der Waals surface area (Å²) in [5.74, 6) is -0.0292. The van der Waals surface area contributed by atoms with E-state index in [9.17, 15) is 9.59 Å². The molecule has 0 fully saturated rings. The summed E-state index contributed by atoms with van der Waals surface area (Å²) in [6.45, 7) is 5.98. The number of hydrogen-bond donors (Lipinski definition) is 3.